The van der Waals surface area contributed by atoms with E-state index in [-0.39, 0.29) is 0 Å². The third-order valence-electron chi connectivity index (χ3n) is 4.27. The molecule has 2 aromatic rings. The van der Waals surface area contributed by atoms with E-state index in [0.717, 1.165) is 43.3 Å². The van der Waals surface area contributed by atoms with Gasteiger partial charge in [-0.15, -0.1) is 11.3 Å². The summed E-state index contributed by atoms with van der Waals surface area (Å²) in [7, 11) is 0. The van der Waals surface area contributed by atoms with Crippen LogP contribution in [0.4, 0.5) is 11.4 Å². The topological polar surface area (TPSA) is 31.4 Å². The maximum Gasteiger partial charge on any atom is 0.183 e. The number of piperazine rings is 1. The van der Waals surface area contributed by atoms with Gasteiger partial charge in [-0.05, 0) is 38.1 Å². The molecule has 1 aliphatic heterocycles. The van der Waals surface area contributed by atoms with E-state index in [1.165, 1.54) is 17.0 Å². The lowest BCUT2D eigenvalue weighted by Crippen LogP contribution is -2.48. The van der Waals surface area contributed by atoms with Gasteiger partial charge in [0.15, 0.2) is 4.47 Å². The standard InChI is InChI=1S/C17H23ClN4S/c1-13(2)21-7-9-22(10-8-21)15-5-3-14(4-6-15)19-11-16-12-20-17(18)23-16/h3-6,12-13,19H,7-11H2,1-2H3. The zero-order valence-corrected chi connectivity index (χ0v) is 15.2. The first-order valence-corrected chi connectivity index (χ1v) is 9.24. The fourth-order valence-corrected chi connectivity index (χ4v) is 3.76. The Morgan fingerprint density at radius 1 is 1.17 bits per heavy atom. The molecule has 1 aromatic carbocycles. The summed E-state index contributed by atoms with van der Waals surface area (Å²) in [6.07, 6.45) is 1.82. The lowest BCUT2D eigenvalue weighted by atomic mass is 10.2. The average molecular weight is 351 g/mol. The van der Waals surface area contributed by atoms with Crippen molar-refractivity contribution in [3.63, 3.8) is 0 Å². The van der Waals surface area contributed by atoms with Crippen LogP contribution >= 0.6 is 22.9 Å². The minimum Gasteiger partial charge on any atom is -0.380 e. The van der Waals surface area contributed by atoms with Gasteiger partial charge in [0.25, 0.3) is 0 Å². The Labute approximate surface area is 147 Å². The van der Waals surface area contributed by atoms with Gasteiger partial charge in [-0.25, -0.2) is 4.98 Å². The molecule has 124 valence electrons. The van der Waals surface area contributed by atoms with Crippen LogP contribution in [0.3, 0.4) is 0 Å². The smallest absolute Gasteiger partial charge is 0.183 e. The maximum absolute atomic E-state index is 5.85. The van der Waals surface area contributed by atoms with E-state index in [2.05, 4.69) is 58.2 Å². The lowest BCUT2D eigenvalue weighted by molar-refractivity contribution is 0.209. The minimum atomic E-state index is 0.595. The Bertz CT molecular complexity index is 618. The molecule has 1 saturated heterocycles. The van der Waals surface area contributed by atoms with Crippen molar-refractivity contribution in [3.05, 3.63) is 39.8 Å². The Morgan fingerprint density at radius 2 is 1.87 bits per heavy atom. The Kier molecular flexibility index (Phi) is 5.41. The van der Waals surface area contributed by atoms with Gasteiger partial charge in [0, 0.05) is 54.7 Å². The minimum absolute atomic E-state index is 0.595. The number of thiazole rings is 1. The molecule has 0 bridgehead atoms. The van der Waals surface area contributed by atoms with E-state index < -0.39 is 0 Å². The van der Waals surface area contributed by atoms with Crippen LogP contribution in [0.15, 0.2) is 30.5 Å². The van der Waals surface area contributed by atoms with Crippen LogP contribution in [0.2, 0.25) is 4.47 Å². The second-order valence-electron chi connectivity index (χ2n) is 6.10. The predicted octanol–water partition coefficient (Wildman–Crippen LogP) is 3.94. The van der Waals surface area contributed by atoms with Gasteiger partial charge in [-0.1, -0.05) is 11.6 Å². The molecule has 0 unspecified atom stereocenters. The summed E-state index contributed by atoms with van der Waals surface area (Å²) in [5.74, 6) is 0. The number of halogens is 1. The first-order valence-electron chi connectivity index (χ1n) is 8.05. The summed E-state index contributed by atoms with van der Waals surface area (Å²) in [6.45, 7) is 9.79. The van der Waals surface area contributed by atoms with Crippen LogP contribution in [-0.4, -0.2) is 42.1 Å². The van der Waals surface area contributed by atoms with Crippen molar-refractivity contribution >= 4 is 34.3 Å². The third-order valence-corrected chi connectivity index (χ3v) is 5.38. The van der Waals surface area contributed by atoms with E-state index >= 15 is 0 Å². The van der Waals surface area contributed by atoms with Crippen LogP contribution in [0.5, 0.6) is 0 Å². The number of hydrogen-bond acceptors (Lipinski definition) is 5. The molecule has 0 amide bonds. The quantitative estimate of drug-likeness (QED) is 0.885. The van der Waals surface area contributed by atoms with Gasteiger partial charge >= 0.3 is 0 Å². The van der Waals surface area contributed by atoms with Gasteiger partial charge in [0.1, 0.15) is 0 Å². The average Bonchev–Trinajstić information content (AvgIpc) is 2.99. The van der Waals surface area contributed by atoms with E-state index in [9.17, 15) is 0 Å². The zero-order valence-electron chi connectivity index (χ0n) is 13.6. The predicted molar refractivity (Wildman–Crippen MR) is 99.8 cm³/mol. The Morgan fingerprint density at radius 3 is 2.43 bits per heavy atom. The van der Waals surface area contributed by atoms with Crippen molar-refractivity contribution in [2.75, 3.05) is 36.4 Å². The number of benzene rings is 1. The maximum atomic E-state index is 5.85. The van der Waals surface area contributed by atoms with Crippen LogP contribution in [0, 0.1) is 0 Å². The van der Waals surface area contributed by atoms with Crippen LogP contribution in [-0.2, 0) is 6.54 Å². The first kappa shape index (κ1) is 16.6. The second kappa shape index (κ2) is 7.51. The normalized spacial score (nSPS) is 16.1. The molecule has 0 spiro atoms. The number of rotatable bonds is 5. The molecule has 23 heavy (non-hydrogen) atoms. The monoisotopic (exact) mass is 350 g/mol. The van der Waals surface area contributed by atoms with Crippen LogP contribution in [0.1, 0.15) is 18.7 Å². The summed E-state index contributed by atoms with van der Waals surface area (Å²) in [5, 5.41) is 3.41. The third kappa shape index (κ3) is 4.37. The van der Waals surface area contributed by atoms with Gasteiger partial charge in [-0.3, -0.25) is 4.90 Å². The molecule has 6 heteroatoms. The Balaban J connectivity index is 1.53. The van der Waals surface area contributed by atoms with Gasteiger partial charge in [0.2, 0.25) is 0 Å². The number of nitrogens with zero attached hydrogens (tertiary/aromatic N) is 3. The van der Waals surface area contributed by atoms with Crippen molar-refractivity contribution in [3.8, 4) is 0 Å². The highest BCUT2D eigenvalue weighted by Crippen LogP contribution is 2.22. The zero-order chi connectivity index (χ0) is 16.2. The van der Waals surface area contributed by atoms with Gasteiger partial charge in [0.05, 0.1) is 6.54 Å². The fraction of sp³-hybridized carbons (Fsp3) is 0.471. The summed E-state index contributed by atoms with van der Waals surface area (Å²) in [6, 6.07) is 9.34. The SMILES string of the molecule is CC(C)N1CCN(c2ccc(NCc3cnc(Cl)s3)cc2)CC1. The molecular weight excluding hydrogens is 328 g/mol. The molecule has 2 heterocycles. The molecular formula is C17H23ClN4S. The number of hydrogen-bond donors (Lipinski definition) is 1. The molecule has 0 saturated carbocycles. The summed E-state index contributed by atoms with van der Waals surface area (Å²) in [5.41, 5.74) is 2.43. The molecule has 1 N–H and O–H groups in total. The summed E-state index contributed by atoms with van der Waals surface area (Å²) >= 11 is 7.36. The molecule has 0 aliphatic carbocycles. The number of nitrogens with one attached hydrogen (secondary N) is 1. The molecule has 1 fully saturated rings. The molecule has 4 nitrogen and oxygen atoms in total. The van der Waals surface area contributed by atoms with Crippen molar-refractivity contribution < 1.29 is 0 Å². The molecule has 3 rings (SSSR count). The largest absolute Gasteiger partial charge is 0.380 e. The van der Waals surface area contributed by atoms with Gasteiger partial charge < -0.3 is 10.2 Å². The molecule has 0 atom stereocenters. The molecule has 0 radical (unpaired) electrons. The number of anilines is 2. The summed E-state index contributed by atoms with van der Waals surface area (Å²) < 4.78 is 0.595. The highest BCUT2D eigenvalue weighted by molar-refractivity contribution is 7.15. The molecule has 1 aliphatic rings. The fourth-order valence-electron chi connectivity index (χ4n) is 2.84. The van der Waals surface area contributed by atoms with E-state index in [1.807, 2.05) is 6.20 Å². The summed E-state index contributed by atoms with van der Waals surface area (Å²) in [4.78, 5) is 10.2. The van der Waals surface area contributed by atoms with Crippen molar-refractivity contribution in [1.82, 2.24) is 9.88 Å². The van der Waals surface area contributed by atoms with E-state index in [0.29, 0.717) is 10.5 Å². The highest BCUT2D eigenvalue weighted by Gasteiger charge is 2.18. The first-order chi connectivity index (χ1) is 11.1. The highest BCUT2D eigenvalue weighted by atomic mass is 35.5. The van der Waals surface area contributed by atoms with Crippen LogP contribution < -0.4 is 10.2 Å². The van der Waals surface area contributed by atoms with Crippen molar-refractivity contribution in [2.45, 2.75) is 26.4 Å². The number of aromatic nitrogens is 1. The van der Waals surface area contributed by atoms with Crippen LogP contribution in [0.25, 0.3) is 0 Å². The lowest BCUT2D eigenvalue weighted by Gasteiger charge is -2.38. The van der Waals surface area contributed by atoms with Crippen molar-refractivity contribution in [2.24, 2.45) is 0 Å². The van der Waals surface area contributed by atoms with E-state index in [1.54, 1.807) is 0 Å². The molecule has 1 aromatic heterocycles. The second-order valence-corrected chi connectivity index (χ2v) is 7.79. The van der Waals surface area contributed by atoms with E-state index in [4.69, 9.17) is 11.6 Å². The van der Waals surface area contributed by atoms with Gasteiger partial charge in [-0.2, -0.15) is 0 Å². The Hall–Kier alpha value is -1.30. The van der Waals surface area contributed by atoms with Crippen molar-refractivity contribution in [1.29, 1.82) is 0 Å².